The van der Waals surface area contributed by atoms with Gasteiger partial charge in [0.1, 0.15) is 6.61 Å². The summed E-state index contributed by atoms with van der Waals surface area (Å²) in [5, 5.41) is 13.8. The highest BCUT2D eigenvalue weighted by Gasteiger charge is 2.37. The van der Waals surface area contributed by atoms with Crippen LogP contribution in [0, 0.1) is 0 Å². The van der Waals surface area contributed by atoms with Gasteiger partial charge in [0.05, 0.1) is 19.8 Å². The number of carbonyl (C=O) groups excluding carboxylic acids is 1. The van der Waals surface area contributed by atoms with Gasteiger partial charge in [-0.2, -0.15) is 0 Å². The Morgan fingerprint density at radius 2 is 1.60 bits per heavy atom. The first-order valence-electron chi connectivity index (χ1n) is 9.91. The Balaban J connectivity index is 1.31. The van der Waals surface area contributed by atoms with Gasteiger partial charge < -0.3 is 30.0 Å². The first kappa shape index (κ1) is 20.2. The molecule has 1 aliphatic carbocycles. The summed E-state index contributed by atoms with van der Waals surface area (Å²) >= 11 is 0. The van der Waals surface area contributed by atoms with Crippen molar-refractivity contribution in [3.8, 4) is 11.1 Å². The zero-order chi connectivity index (χ0) is 21.0. The standard InChI is InChI=1S/C22H24N2O6/c25-20(26)24-14-22(29-11-12-30-22)9-10-23-21(27)28-13-19-17-7-3-1-5-15(17)16-6-2-4-8-18(16)19/h1-8,19,24H,9-14H2,(H,23,27)(H,25,26). The van der Waals surface area contributed by atoms with Crippen molar-refractivity contribution in [1.29, 1.82) is 0 Å². The number of benzene rings is 2. The number of nitrogens with one attached hydrogen (secondary N) is 2. The Morgan fingerprint density at radius 1 is 1.00 bits per heavy atom. The van der Waals surface area contributed by atoms with E-state index in [0.717, 1.165) is 11.1 Å². The van der Waals surface area contributed by atoms with Crippen LogP contribution in [-0.2, 0) is 14.2 Å². The Bertz CT molecular complexity index is 880. The summed E-state index contributed by atoms with van der Waals surface area (Å²) in [6, 6.07) is 16.3. The van der Waals surface area contributed by atoms with Crippen molar-refractivity contribution in [2.45, 2.75) is 18.1 Å². The third-order valence-electron chi connectivity index (χ3n) is 5.44. The molecule has 0 atom stereocenters. The third-order valence-corrected chi connectivity index (χ3v) is 5.44. The number of amides is 2. The fraction of sp³-hybridized carbons (Fsp3) is 0.364. The van der Waals surface area contributed by atoms with Crippen LogP contribution in [0.1, 0.15) is 23.5 Å². The van der Waals surface area contributed by atoms with Crippen LogP contribution in [0.2, 0.25) is 0 Å². The second kappa shape index (κ2) is 8.73. The van der Waals surface area contributed by atoms with E-state index in [2.05, 4.69) is 34.9 Å². The molecule has 0 unspecified atom stereocenters. The molecule has 4 rings (SSSR count). The molecule has 1 saturated heterocycles. The number of hydrogen-bond donors (Lipinski definition) is 3. The number of ether oxygens (including phenoxy) is 3. The van der Waals surface area contributed by atoms with Crippen LogP contribution in [0.3, 0.4) is 0 Å². The van der Waals surface area contributed by atoms with Crippen LogP contribution in [0.4, 0.5) is 9.59 Å². The van der Waals surface area contributed by atoms with E-state index in [1.165, 1.54) is 11.1 Å². The molecule has 2 aromatic carbocycles. The topological polar surface area (TPSA) is 106 Å². The summed E-state index contributed by atoms with van der Waals surface area (Å²) in [4.78, 5) is 23.0. The maximum Gasteiger partial charge on any atom is 0.407 e. The SMILES string of the molecule is O=C(O)NCC1(CCNC(=O)OCC2c3ccccc3-c3ccccc32)OCCO1. The average Bonchev–Trinajstić information content (AvgIpc) is 3.34. The molecule has 0 bridgehead atoms. The van der Waals surface area contributed by atoms with Crippen molar-refractivity contribution in [3.63, 3.8) is 0 Å². The van der Waals surface area contributed by atoms with Gasteiger partial charge >= 0.3 is 12.2 Å². The fourth-order valence-corrected chi connectivity index (χ4v) is 4.05. The number of carboxylic acid groups (broad SMARTS) is 1. The lowest BCUT2D eigenvalue weighted by molar-refractivity contribution is -0.156. The highest BCUT2D eigenvalue weighted by Crippen LogP contribution is 2.44. The first-order valence-corrected chi connectivity index (χ1v) is 9.91. The van der Waals surface area contributed by atoms with Crippen LogP contribution < -0.4 is 10.6 Å². The molecule has 1 aliphatic heterocycles. The lowest BCUT2D eigenvalue weighted by Gasteiger charge is -2.27. The fourth-order valence-electron chi connectivity index (χ4n) is 4.05. The maximum atomic E-state index is 12.2. The average molecular weight is 412 g/mol. The Labute approximate surface area is 174 Å². The number of hydrogen-bond acceptors (Lipinski definition) is 5. The molecule has 30 heavy (non-hydrogen) atoms. The molecule has 8 nitrogen and oxygen atoms in total. The molecule has 0 spiro atoms. The van der Waals surface area contributed by atoms with E-state index in [9.17, 15) is 9.59 Å². The lowest BCUT2D eigenvalue weighted by atomic mass is 9.98. The van der Waals surface area contributed by atoms with Crippen molar-refractivity contribution < 1.29 is 28.9 Å². The molecule has 3 N–H and O–H groups in total. The van der Waals surface area contributed by atoms with Gasteiger partial charge in [0.2, 0.25) is 0 Å². The zero-order valence-corrected chi connectivity index (χ0v) is 16.4. The van der Waals surface area contributed by atoms with E-state index in [-0.39, 0.29) is 25.6 Å². The molecule has 158 valence electrons. The molecule has 2 aromatic rings. The van der Waals surface area contributed by atoms with Crippen molar-refractivity contribution in [3.05, 3.63) is 59.7 Å². The molecule has 2 amide bonds. The van der Waals surface area contributed by atoms with Crippen LogP contribution in [0.5, 0.6) is 0 Å². The van der Waals surface area contributed by atoms with E-state index in [1.54, 1.807) is 0 Å². The largest absolute Gasteiger partial charge is 0.465 e. The lowest BCUT2D eigenvalue weighted by Crippen LogP contribution is -2.45. The van der Waals surface area contributed by atoms with Crippen LogP contribution in [0.25, 0.3) is 11.1 Å². The van der Waals surface area contributed by atoms with E-state index >= 15 is 0 Å². The molecular weight excluding hydrogens is 388 g/mol. The summed E-state index contributed by atoms with van der Waals surface area (Å²) in [6.45, 7) is 1.23. The van der Waals surface area contributed by atoms with Crippen molar-refractivity contribution in [2.75, 3.05) is 32.9 Å². The van der Waals surface area contributed by atoms with Crippen molar-refractivity contribution in [1.82, 2.24) is 10.6 Å². The van der Waals surface area contributed by atoms with E-state index in [0.29, 0.717) is 19.6 Å². The molecule has 0 radical (unpaired) electrons. The van der Waals surface area contributed by atoms with E-state index in [1.807, 2.05) is 24.3 Å². The minimum absolute atomic E-state index is 0.00393. The van der Waals surface area contributed by atoms with Gasteiger partial charge in [-0.3, -0.25) is 0 Å². The summed E-state index contributed by atoms with van der Waals surface area (Å²) < 4.78 is 16.6. The number of carbonyl (C=O) groups is 2. The summed E-state index contributed by atoms with van der Waals surface area (Å²) in [5.74, 6) is -1.06. The highest BCUT2D eigenvalue weighted by molar-refractivity contribution is 5.79. The summed E-state index contributed by atoms with van der Waals surface area (Å²) in [7, 11) is 0. The Morgan fingerprint density at radius 3 is 2.20 bits per heavy atom. The Kier molecular flexibility index (Phi) is 5.87. The smallest absolute Gasteiger partial charge is 0.407 e. The number of fused-ring (bicyclic) bond motifs is 3. The monoisotopic (exact) mass is 412 g/mol. The molecule has 2 aliphatic rings. The van der Waals surface area contributed by atoms with Gasteiger partial charge in [0.25, 0.3) is 0 Å². The van der Waals surface area contributed by atoms with Crippen LogP contribution in [0.15, 0.2) is 48.5 Å². The molecule has 1 heterocycles. The molecule has 0 aromatic heterocycles. The number of rotatable bonds is 7. The first-order chi connectivity index (χ1) is 14.6. The van der Waals surface area contributed by atoms with Gasteiger partial charge in [0, 0.05) is 18.9 Å². The zero-order valence-electron chi connectivity index (χ0n) is 16.4. The summed E-state index contributed by atoms with van der Waals surface area (Å²) in [5.41, 5.74) is 4.65. The molecule has 8 heteroatoms. The third kappa shape index (κ3) is 4.24. The van der Waals surface area contributed by atoms with Crippen molar-refractivity contribution in [2.24, 2.45) is 0 Å². The van der Waals surface area contributed by atoms with E-state index < -0.39 is 18.0 Å². The molecule has 1 fully saturated rings. The molecular formula is C22H24N2O6. The predicted molar refractivity (Wildman–Crippen MR) is 108 cm³/mol. The quantitative estimate of drug-likeness (QED) is 0.646. The van der Waals surface area contributed by atoms with Gasteiger partial charge in [-0.05, 0) is 22.3 Å². The van der Waals surface area contributed by atoms with Crippen LogP contribution >= 0.6 is 0 Å². The van der Waals surface area contributed by atoms with Gasteiger partial charge in [-0.25, -0.2) is 9.59 Å². The van der Waals surface area contributed by atoms with Gasteiger partial charge in [0.15, 0.2) is 5.79 Å². The second-order valence-electron chi connectivity index (χ2n) is 7.27. The maximum absolute atomic E-state index is 12.2. The van der Waals surface area contributed by atoms with Crippen molar-refractivity contribution >= 4 is 12.2 Å². The normalized spacial score (nSPS) is 16.5. The second-order valence-corrected chi connectivity index (χ2v) is 7.27. The molecule has 0 saturated carbocycles. The van der Waals surface area contributed by atoms with Gasteiger partial charge in [-0.1, -0.05) is 48.5 Å². The number of alkyl carbamates (subject to hydrolysis) is 1. The predicted octanol–water partition coefficient (Wildman–Crippen LogP) is 2.93. The van der Waals surface area contributed by atoms with E-state index in [4.69, 9.17) is 19.3 Å². The summed E-state index contributed by atoms with van der Waals surface area (Å²) in [6.07, 6.45) is -1.38. The minimum atomic E-state index is -1.15. The highest BCUT2D eigenvalue weighted by atomic mass is 16.7. The van der Waals surface area contributed by atoms with Crippen LogP contribution in [-0.4, -0.2) is 56.0 Å². The van der Waals surface area contributed by atoms with Gasteiger partial charge in [-0.15, -0.1) is 0 Å². The minimum Gasteiger partial charge on any atom is -0.465 e. The Hall–Kier alpha value is -3.10.